The van der Waals surface area contributed by atoms with Gasteiger partial charge in [-0.1, -0.05) is 18.2 Å². The van der Waals surface area contributed by atoms with Crippen molar-refractivity contribution >= 4 is 29.4 Å². The van der Waals surface area contributed by atoms with E-state index in [2.05, 4.69) is 20.8 Å². The third kappa shape index (κ3) is 5.43. The van der Waals surface area contributed by atoms with Crippen LogP contribution in [0, 0.1) is 13.8 Å². The molecule has 0 aliphatic rings. The van der Waals surface area contributed by atoms with E-state index in [1.807, 2.05) is 55.6 Å². The lowest BCUT2D eigenvalue weighted by Gasteiger charge is -2.07. The van der Waals surface area contributed by atoms with E-state index in [9.17, 15) is 9.59 Å². The highest BCUT2D eigenvalue weighted by atomic mass is 16.5. The van der Waals surface area contributed by atoms with Gasteiger partial charge < -0.3 is 10.1 Å². The molecule has 0 atom stereocenters. The fourth-order valence-electron chi connectivity index (χ4n) is 3.27. The normalized spacial score (nSPS) is 11.0. The smallest absolute Gasteiger partial charge is 0.290 e. The number of hydrogen-bond donors (Lipinski definition) is 2. The number of ether oxygens (including phenoxy) is 1. The molecule has 0 aliphatic carbocycles. The molecule has 8 heteroatoms. The minimum absolute atomic E-state index is 0.101. The first-order valence-electron chi connectivity index (χ1n) is 10.4. The highest BCUT2D eigenvalue weighted by Crippen LogP contribution is 2.14. The van der Waals surface area contributed by atoms with E-state index in [4.69, 9.17) is 4.74 Å². The Hall–Kier alpha value is -4.46. The quantitative estimate of drug-likeness (QED) is 0.337. The monoisotopic (exact) mass is 441 g/mol. The number of rotatable bonds is 7. The number of hydrogen-bond acceptors (Lipinski definition) is 5. The number of anilines is 1. The number of carbonyl (C=O) groups excluding carboxylic acids is 2. The summed E-state index contributed by atoms with van der Waals surface area (Å²) >= 11 is 0. The van der Waals surface area contributed by atoms with Gasteiger partial charge in [0.25, 0.3) is 11.8 Å². The molecule has 0 saturated carbocycles. The second-order valence-electron chi connectivity index (χ2n) is 7.45. The molecule has 0 radical (unpaired) electrons. The molecule has 8 nitrogen and oxygen atoms in total. The maximum Gasteiger partial charge on any atom is 0.290 e. The summed E-state index contributed by atoms with van der Waals surface area (Å²) in [6.45, 7) is 3.67. The molecule has 2 N–H and O–H groups in total. The average molecular weight is 441 g/mol. The van der Waals surface area contributed by atoms with Gasteiger partial charge in [0.2, 0.25) is 0 Å². The first-order valence-corrected chi connectivity index (χ1v) is 10.4. The molecule has 0 spiro atoms. The zero-order valence-corrected chi connectivity index (χ0v) is 18.3. The zero-order valence-electron chi connectivity index (χ0n) is 18.3. The number of benzene rings is 2. The summed E-state index contributed by atoms with van der Waals surface area (Å²) in [5.41, 5.74) is 6.89. The molecule has 2 aromatic heterocycles. The summed E-state index contributed by atoms with van der Waals surface area (Å²) in [5, 5.41) is 6.80. The topological polar surface area (TPSA) is 97.1 Å². The van der Waals surface area contributed by atoms with Crippen molar-refractivity contribution in [1.82, 2.24) is 14.8 Å². The van der Waals surface area contributed by atoms with Crippen molar-refractivity contribution in [3.05, 3.63) is 95.4 Å². The Morgan fingerprint density at radius 3 is 2.58 bits per heavy atom. The molecule has 2 heterocycles. The Kier molecular flexibility index (Phi) is 6.45. The van der Waals surface area contributed by atoms with Gasteiger partial charge in [0.1, 0.15) is 17.1 Å². The number of fused-ring (bicyclic) bond motifs is 1. The van der Waals surface area contributed by atoms with E-state index in [1.165, 1.54) is 6.21 Å². The summed E-state index contributed by atoms with van der Waals surface area (Å²) < 4.78 is 7.26. The standard InChI is InChI=1S/C25H23N5O3/c1-17-12-13-30-22(14-17)27-18(2)24(30)25(32)29-26-15-19-8-10-21(11-9-19)33-16-23(31)28-20-6-4-3-5-7-20/h3-15H,16H2,1-2H3,(H,28,31)(H,29,32)/b26-15-. The molecule has 0 saturated heterocycles. The van der Waals surface area contributed by atoms with Crippen LogP contribution < -0.4 is 15.5 Å². The maximum atomic E-state index is 12.6. The van der Waals surface area contributed by atoms with Crippen LogP contribution in [0.2, 0.25) is 0 Å². The highest BCUT2D eigenvalue weighted by Gasteiger charge is 2.16. The minimum Gasteiger partial charge on any atom is -0.484 e. The highest BCUT2D eigenvalue weighted by molar-refractivity contribution is 5.95. The fourth-order valence-corrected chi connectivity index (χ4v) is 3.27. The first kappa shape index (κ1) is 21.8. The van der Waals surface area contributed by atoms with Gasteiger partial charge in [0, 0.05) is 11.9 Å². The van der Waals surface area contributed by atoms with E-state index >= 15 is 0 Å². The number of amides is 2. The van der Waals surface area contributed by atoms with Crippen LogP contribution in [-0.4, -0.2) is 34.0 Å². The lowest BCUT2D eigenvalue weighted by Crippen LogP contribution is -2.20. The summed E-state index contributed by atoms with van der Waals surface area (Å²) in [6.07, 6.45) is 3.36. The lowest BCUT2D eigenvalue weighted by molar-refractivity contribution is -0.118. The summed E-state index contributed by atoms with van der Waals surface area (Å²) in [5.74, 6) is -0.0343. The molecule has 4 aromatic rings. The van der Waals surface area contributed by atoms with Crippen LogP contribution in [0.4, 0.5) is 5.69 Å². The minimum atomic E-state index is -0.343. The van der Waals surface area contributed by atoms with Crippen molar-refractivity contribution in [2.75, 3.05) is 11.9 Å². The maximum absolute atomic E-state index is 12.6. The number of nitrogens with zero attached hydrogens (tertiary/aromatic N) is 3. The predicted octanol–water partition coefficient (Wildman–Crippen LogP) is 3.73. The van der Waals surface area contributed by atoms with Gasteiger partial charge in [-0.2, -0.15) is 5.10 Å². The molecular weight excluding hydrogens is 418 g/mol. The Morgan fingerprint density at radius 2 is 1.82 bits per heavy atom. The fraction of sp³-hybridized carbons (Fsp3) is 0.120. The Labute approximate surface area is 190 Å². The molecule has 0 aliphatic heterocycles. The van der Waals surface area contributed by atoms with Crippen molar-refractivity contribution in [2.45, 2.75) is 13.8 Å². The van der Waals surface area contributed by atoms with Crippen LogP contribution >= 0.6 is 0 Å². The molecule has 2 aromatic carbocycles. The van der Waals surface area contributed by atoms with Gasteiger partial charge >= 0.3 is 0 Å². The van der Waals surface area contributed by atoms with E-state index in [-0.39, 0.29) is 18.4 Å². The number of nitrogens with one attached hydrogen (secondary N) is 2. The number of aromatic nitrogens is 2. The van der Waals surface area contributed by atoms with E-state index in [1.54, 1.807) is 35.6 Å². The molecule has 0 bridgehead atoms. The van der Waals surface area contributed by atoms with Crippen LogP contribution in [0.3, 0.4) is 0 Å². The average Bonchev–Trinajstić information content (AvgIpc) is 3.14. The van der Waals surface area contributed by atoms with E-state index in [0.29, 0.717) is 22.8 Å². The molecular formula is C25H23N5O3. The van der Waals surface area contributed by atoms with Gasteiger partial charge in [-0.3, -0.25) is 14.0 Å². The third-order valence-corrected chi connectivity index (χ3v) is 4.86. The van der Waals surface area contributed by atoms with Crippen LogP contribution in [0.5, 0.6) is 5.75 Å². The van der Waals surface area contributed by atoms with Crippen LogP contribution in [-0.2, 0) is 4.79 Å². The van der Waals surface area contributed by atoms with E-state index in [0.717, 1.165) is 16.8 Å². The summed E-state index contributed by atoms with van der Waals surface area (Å²) in [7, 11) is 0. The van der Waals surface area contributed by atoms with Gasteiger partial charge in [0.15, 0.2) is 6.61 Å². The molecule has 4 rings (SSSR count). The number of carbonyl (C=O) groups is 2. The number of aryl methyl sites for hydroxylation is 2. The van der Waals surface area contributed by atoms with Crippen molar-refractivity contribution in [3.63, 3.8) is 0 Å². The summed E-state index contributed by atoms with van der Waals surface area (Å²) in [6, 6.07) is 20.1. The Morgan fingerprint density at radius 1 is 1.06 bits per heavy atom. The SMILES string of the molecule is Cc1ccn2c(C(=O)N/N=C\c3ccc(OCC(=O)Nc4ccccc4)cc3)c(C)nc2c1. The lowest BCUT2D eigenvalue weighted by atomic mass is 10.2. The second kappa shape index (κ2) is 9.78. The van der Waals surface area contributed by atoms with Crippen molar-refractivity contribution in [2.24, 2.45) is 5.10 Å². The summed E-state index contributed by atoms with van der Waals surface area (Å²) in [4.78, 5) is 29.0. The molecule has 33 heavy (non-hydrogen) atoms. The van der Waals surface area contributed by atoms with Crippen LogP contribution in [0.1, 0.15) is 27.3 Å². The Balaban J connectivity index is 1.31. The number of hydrazone groups is 1. The molecule has 0 fully saturated rings. The largest absolute Gasteiger partial charge is 0.484 e. The number of para-hydroxylation sites is 1. The van der Waals surface area contributed by atoms with Gasteiger partial charge in [0.05, 0.1) is 11.9 Å². The van der Waals surface area contributed by atoms with Crippen molar-refractivity contribution in [1.29, 1.82) is 0 Å². The van der Waals surface area contributed by atoms with Crippen LogP contribution in [0.15, 0.2) is 78.0 Å². The van der Waals surface area contributed by atoms with Crippen LogP contribution in [0.25, 0.3) is 5.65 Å². The Bertz CT molecular complexity index is 1310. The molecule has 0 unspecified atom stereocenters. The van der Waals surface area contributed by atoms with E-state index < -0.39 is 0 Å². The zero-order chi connectivity index (χ0) is 23.2. The third-order valence-electron chi connectivity index (χ3n) is 4.86. The van der Waals surface area contributed by atoms with Gasteiger partial charge in [-0.05, 0) is 73.5 Å². The molecule has 2 amide bonds. The first-order chi connectivity index (χ1) is 16.0. The van der Waals surface area contributed by atoms with Gasteiger partial charge in [-0.15, -0.1) is 0 Å². The van der Waals surface area contributed by atoms with Gasteiger partial charge in [-0.25, -0.2) is 10.4 Å². The van der Waals surface area contributed by atoms with Crippen molar-refractivity contribution in [3.8, 4) is 5.75 Å². The van der Waals surface area contributed by atoms with Crippen molar-refractivity contribution < 1.29 is 14.3 Å². The number of pyridine rings is 1. The predicted molar refractivity (Wildman–Crippen MR) is 127 cm³/mol. The second-order valence-corrected chi connectivity index (χ2v) is 7.45. The number of imidazole rings is 1. The molecule has 166 valence electrons.